The van der Waals surface area contributed by atoms with Crippen LogP contribution in [-0.4, -0.2) is 18.6 Å². The number of rotatable bonds is 1. The third kappa shape index (κ3) is 1.66. The number of aryl methyl sites for hydroxylation is 1. The Morgan fingerprint density at radius 2 is 1.76 bits per heavy atom. The van der Waals surface area contributed by atoms with E-state index in [1.165, 1.54) is 22.0 Å². The zero-order chi connectivity index (χ0) is 11.8. The molecule has 1 aliphatic heterocycles. The maximum absolute atomic E-state index is 2.28. The van der Waals surface area contributed by atoms with Gasteiger partial charge in [-0.05, 0) is 41.5 Å². The first-order chi connectivity index (χ1) is 8.25. The third-order valence-corrected chi connectivity index (χ3v) is 3.32. The predicted molar refractivity (Wildman–Crippen MR) is 72.9 cm³/mol. The van der Waals surface area contributed by atoms with Crippen LogP contribution in [0.5, 0.6) is 0 Å². The third-order valence-electron chi connectivity index (χ3n) is 3.32. The second-order valence-electron chi connectivity index (χ2n) is 4.53. The lowest BCUT2D eigenvalue weighted by Gasteiger charge is -2.29. The first-order valence-corrected chi connectivity index (χ1v) is 5.92. The topological polar surface area (TPSA) is 6.48 Å². The molecule has 0 saturated heterocycles. The SMILES string of the molecule is Cc1cc2ccccc2cc1N1CC=CN1C. The summed E-state index contributed by atoms with van der Waals surface area (Å²) in [7, 11) is 2.08. The van der Waals surface area contributed by atoms with Crippen molar-refractivity contribution in [3.8, 4) is 0 Å². The largest absolute Gasteiger partial charge is 0.296 e. The molecule has 1 heterocycles. The number of nitrogens with zero attached hydrogens (tertiary/aromatic N) is 2. The fraction of sp³-hybridized carbons (Fsp3) is 0.200. The molecular formula is C15H16N2. The highest BCUT2D eigenvalue weighted by atomic mass is 15.6. The summed E-state index contributed by atoms with van der Waals surface area (Å²) in [5.74, 6) is 0. The van der Waals surface area contributed by atoms with Crippen molar-refractivity contribution in [2.24, 2.45) is 0 Å². The summed E-state index contributed by atoms with van der Waals surface area (Å²) in [5.41, 5.74) is 2.61. The molecule has 2 nitrogen and oxygen atoms in total. The van der Waals surface area contributed by atoms with E-state index in [1.54, 1.807) is 0 Å². The molecule has 3 rings (SSSR count). The van der Waals surface area contributed by atoms with Gasteiger partial charge in [-0.1, -0.05) is 24.3 Å². The van der Waals surface area contributed by atoms with Gasteiger partial charge in [-0.15, -0.1) is 0 Å². The second-order valence-corrected chi connectivity index (χ2v) is 4.53. The van der Waals surface area contributed by atoms with E-state index in [0.29, 0.717) is 0 Å². The van der Waals surface area contributed by atoms with Crippen LogP contribution >= 0.6 is 0 Å². The smallest absolute Gasteiger partial charge is 0.0613 e. The van der Waals surface area contributed by atoms with Gasteiger partial charge in [0.05, 0.1) is 12.2 Å². The number of benzene rings is 2. The minimum absolute atomic E-state index is 0.954. The van der Waals surface area contributed by atoms with Crippen molar-refractivity contribution in [3.63, 3.8) is 0 Å². The molecule has 0 spiro atoms. The fourth-order valence-electron chi connectivity index (χ4n) is 2.40. The van der Waals surface area contributed by atoms with Gasteiger partial charge in [0.1, 0.15) is 0 Å². The van der Waals surface area contributed by atoms with E-state index in [4.69, 9.17) is 0 Å². The molecule has 86 valence electrons. The maximum Gasteiger partial charge on any atom is 0.0613 e. The molecule has 17 heavy (non-hydrogen) atoms. The molecular weight excluding hydrogens is 208 g/mol. The van der Waals surface area contributed by atoms with Crippen molar-refractivity contribution in [1.82, 2.24) is 5.01 Å². The molecule has 0 aliphatic carbocycles. The van der Waals surface area contributed by atoms with Gasteiger partial charge >= 0.3 is 0 Å². The van der Waals surface area contributed by atoms with Crippen LogP contribution in [0.2, 0.25) is 0 Å². The Hall–Kier alpha value is -1.96. The predicted octanol–water partition coefficient (Wildman–Crippen LogP) is 3.33. The average molecular weight is 224 g/mol. The first-order valence-electron chi connectivity index (χ1n) is 5.92. The van der Waals surface area contributed by atoms with Crippen molar-refractivity contribution < 1.29 is 0 Å². The van der Waals surface area contributed by atoms with Crippen LogP contribution in [0.3, 0.4) is 0 Å². The van der Waals surface area contributed by atoms with Crippen molar-refractivity contribution in [2.45, 2.75) is 6.92 Å². The molecule has 0 N–H and O–H groups in total. The van der Waals surface area contributed by atoms with Crippen LogP contribution < -0.4 is 5.01 Å². The van der Waals surface area contributed by atoms with E-state index in [1.807, 2.05) is 0 Å². The van der Waals surface area contributed by atoms with E-state index in [-0.39, 0.29) is 0 Å². The van der Waals surface area contributed by atoms with Gasteiger partial charge in [-0.25, -0.2) is 0 Å². The molecule has 0 atom stereocenters. The van der Waals surface area contributed by atoms with Crippen LogP contribution in [-0.2, 0) is 0 Å². The van der Waals surface area contributed by atoms with Gasteiger partial charge in [-0.3, -0.25) is 10.0 Å². The quantitative estimate of drug-likeness (QED) is 0.733. The lowest BCUT2D eigenvalue weighted by atomic mass is 10.1. The summed E-state index contributed by atoms with van der Waals surface area (Å²) in [6.07, 6.45) is 4.28. The van der Waals surface area contributed by atoms with Gasteiger partial charge in [0.25, 0.3) is 0 Å². The summed E-state index contributed by atoms with van der Waals surface area (Å²) < 4.78 is 0. The summed E-state index contributed by atoms with van der Waals surface area (Å²) in [6.45, 7) is 3.13. The first kappa shape index (κ1) is 10.2. The van der Waals surface area contributed by atoms with Crippen LogP contribution in [0, 0.1) is 6.92 Å². The van der Waals surface area contributed by atoms with E-state index in [2.05, 4.69) is 72.7 Å². The lowest BCUT2D eigenvalue weighted by molar-refractivity contribution is 0.455. The molecule has 0 amide bonds. The highest BCUT2D eigenvalue weighted by Crippen LogP contribution is 2.28. The summed E-state index contributed by atoms with van der Waals surface area (Å²) in [6, 6.07) is 13.0. The standard InChI is InChI=1S/C15H16N2/c1-12-10-13-6-3-4-7-14(13)11-15(12)17-9-5-8-16(17)2/h3-8,10-11H,9H2,1-2H3. The second kappa shape index (κ2) is 3.81. The van der Waals surface area contributed by atoms with Gasteiger partial charge in [0.2, 0.25) is 0 Å². The number of anilines is 1. The minimum atomic E-state index is 0.954. The Kier molecular flexibility index (Phi) is 2.29. The Morgan fingerprint density at radius 1 is 1.06 bits per heavy atom. The van der Waals surface area contributed by atoms with Gasteiger partial charge in [-0.2, -0.15) is 0 Å². The number of hydrazine groups is 1. The molecule has 0 saturated carbocycles. The summed E-state index contributed by atoms with van der Waals surface area (Å²) in [4.78, 5) is 0. The molecule has 0 radical (unpaired) electrons. The Bertz CT molecular complexity index is 586. The molecule has 0 fully saturated rings. The Morgan fingerprint density at radius 3 is 2.41 bits per heavy atom. The number of hydrogen-bond donors (Lipinski definition) is 0. The van der Waals surface area contributed by atoms with Crippen molar-refractivity contribution in [1.29, 1.82) is 0 Å². The normalized spacial score (nSPS) is 14.9. The van der Waals surface area contributed by atoms with Crippen molar-refractivity contribution in [3.05, 3.63) is 54.2 Å². The van der Waals surface area contributed by atoms with Crippen molar-refractivity contribution in [2.75, 3.05) is 18.6 Å². The molecule has 1 aliphatic rings. The number of fused-ring (bicyclic) bond motifs is 1. The molecule has 0 unspecified atom stereocenters. The average Bonchev–Trinajstić information content (AvgIpc) is 2.74. The van der Waals surface area contributed by atoms with Crippen molar-refractivity contribution >= 4 is 16.5 Å². The van der Waals surface area contributed by atoms with E-state index in [0.717, 1.165) is 6.54 Å². The van der Waals surface area contributed by atoms with Gasteiger partial charge in [0.15, 0.2) is 0 Å². The Labute approximate surface area is 102 Å². The van der Waals surface area contributed by atoms with Crippen LogP contribution in [0.1, 0.15) is 5.56 Å². The molecule has 2 aromatic rings. The highest BCUT2D eigenvalue weighted by Gasteiger charge is 2.15. The van der Waals surface area contributed by atoms with Crippen LogP contribution in [0.15, 0.2) is 48.7 Å². The summed E-state index contributed by atoms with van der Waals surface area (Å²) >= 11 is 0. The minimum Gasteiger partial charge on any atom is -0.296 e. The van der Waals surface area contributed by atoms with E-state index in [9.17, 15) is 0 Å². The highest BCUT2D eigenvalue weighted by molar-refractivity contribution is 5.87. The summed E-state index contributed by atoms with van der Waals surface area (Å²) in [5, 5.41) is 7.02. The van der Waals surface area contributed by atoms with E-state index >= 15 is 0 Å². The molecule has 0 aromatic heterocycles. The molecule has 2 aromatic carbocycles. The van der Waals surface area contributed by atoms with Gasteiger partial charge < -0.3 is 0 Å². The fourth-order valence-corrected chi connectivity index (χ4v) is 2.40. The monoisotopic (exact) mass is 224 g/mol. The molecule has 2 heteroatoms. The zero-order valence-corrected chi connectivity index (χ0v) is 10.2. The number of hydrogen-bond acceptors (Lipinski definition) is 2. The molecule has 0 bridgehead atoms. The Balaban J connectivity index is 2.13. The van der Waals surface area contributed by atoms with Gasteiger partial charge in [0, 0.05) is 13.2 Å². The van der Waals surface area contributed by atoms with Crippen LogP contribution in [0.4, 0.5) is 5.69 Å². The lowest BCUT2D eigenvalue weighted by Crippen LogP contribution is -2.32. The van der Waals surface area contributed by atoms with E-state index < -0.39 is 0 Å². The maximum atomic E-state index is 2.28. The van der Waals surface area contributed by atoms with Crippen LogP contribution in [0.25, 0.3) is 10.8 Å². The zero-order valence-electron chi connectivity index (χ0n) is 10.2.